The lowest BCUT2D eigenvalue weighted by molar-refractivity contribution is 0.0365. The van der Waals surface area contributed by atoms with Crippen LogP contribution in [-0.4, -0.2) is 48.1 Å². The first kappa shape index (κ1) is 18.0. The highest BCUT2D eigenvalue weighted by molar-refractivity contribution is 7.20. The molecule has 0 bridgehead atoms. The number of ketones is 1. The van der Waals surface area contributed by atoms with Gasteiger partial charge >= 0.3 is 0 Å². The Morgan fingerprint density at radius 3 is 2.88 bits per heavy atom. The number of thiophene rings is 1. The van der Waals surface area contributed by atoms with Crippen molar-refractivity contribution in [3.05, 3.63) is 46.0 Å². The number of morpholine rings is 1. The number of aromatic nitrogens is 1. The number of halogens is 1. The van der Waals surface area contributed by atoms with Crippen molar-refractivity contribution >= 4 is 38.9 Å². The number of fused-ring (bicyclic) bond motifs is 1. The largest absolute Gasteiger partial charge is 0.379 e. The molecule has 4 nitrogen and oxygen atoms in total. The van der Waals surface area contributed by atoms with Crippen LogP contribution in [0.15, 0.2) is 35.4 Å². The number of carbonyl (C=O) groups is 1. The fourth-order valence-corrected chi connectivity index (χ4v) is 5.11. The second-order valence-electron chi connectivity index (χ2n) is 6.94. The van der Waals surface area contributed by atoms with Crippen molar-refractivity contribution in [2.75, 3.05) is 32.8 Å². The molecule has 26 heavy (non-hydrogen) atoms. The van der Waals surface area contributed by atoms with E-state index in [1.165, 1.54) is 15.9 Å². The van der Waals surface area contributed by atoms with Gasteiger partial charge in [0, 0.05) is 48.2 Å². The van der Waals surface area contributed by atoms with Gasteiger partial charge in [-0.05, 0) is 31.6 Å². The number of hydrogen-bond acceptors (Lipinski definition) is 4. The van der Waals surface area contributed by atoms with E-state index in [9.17, 15) is 4.79 Å². The molecule has 1 atom stereocenters. The van der Waals surface area contributed by atoms with Crippen LogP contribution in [0.3, 0.4) is 0 Å². The highest BCUT2D eigenvalue weighted by Gasteiger charge is 2.23. The topological polar surface area (TPSA) is 34.5 Å². The second kappa shape index (κ2) is 7.69. The highest BCUT2D eigenvalue weighted by Crippen LogP contribution is 2.33. The monoisotopic (exact) mass is 390 g/mol. The summed E-state index contributed by atoms with van der Waals surface area (Å²) >= 11 is 7.71. The van der Waals surface area contributed by atoms with E-state index in [1.807, 2.05) is 24.3 Å². The number of allylic oxidation sites excluding steroid dienone is 4. The van der Waals surface area contributed by atoms with Gasteiger partial charge in [-0.15, -0.1) is 11.3 Å². The third-order valence-electron chi connectivity index (χ3n) is 5.13. The lowest BCUT2D eigenvalue weighted by Gasteiger charge is -2.26. The first-order valence-corrected chi connectivity index (χ1v) is 10.3. The van der Waals surface area contributed by atoms with Crippen molar-refractivity contribution in [2.45, 2.75) is 19.9 Å². The molecule has 1 unspecified atom stereocenters. The Bertz CT molecular complexity index is 874. The molecule has 1 fully saturated rings. The zero-order valence-corrected chi connectivity index (χ0v) is 16.5. The summed E-state index contributed by atoms with van der Waals surface area (Å²) in [5.74, 6) is 0.0317. The van der Waals surface area contributed by atoms with Crippen LogP contribution < -0.4 is 0 Å². The third-order valence-corrected chi connectivity index (χ3v) is 6.60. The van der Waals surface area contributed by atoms with E-state index in [-0.39, 0.29) is 11.7 Å². The fourth-order valence-electron chi connectivity index (χ4n) is 3.64. The first-order chi connectivity index (χ1) is 12.6. The van der Waals surface area contributed by atoms with Crippen molar-refractivity contribution in [1.29, 1.82) is 0 Å². The molecule has 1 aliphatic carbocycles. The second-order valence-corrected chi connectivity index (χ2v) is 8.45. The van der Waals surface area contributed by atoms with E-state index in [0.717, 1.165) is 49.3 Å². The molecule has 0 radical (unpaired) electrons. The van der Waals surface area contributed by atoms with E-state index in [4.69, 9.17) is 16.3 Å². The molecule has 2 aromatic rings. The standard InChI is InChI=1S/C20H23ClN2O2S/c1-14-11-16-13-18(19(24)15-3-2-4-17(21)12-15)26-20(16)23(14)6-5-22-7-9-25-10-8-22/h2-4,11,13,15H,5-10,12H2,1H3. The van der Waals surface area contributed by atoms with Crippen LogP contribution in [0, 0.1) is 12.8 Å². The van der Waals surface area contributed by atoms with Crippen LogP contribution in [0.1, 0.15) is 21.8 Å². The van der Waals surface area contributed by atoms with Crippen LogP contribution in [-0.2, 0) is 11.3 Å². The first-order valence-electron chi connectivity index (χ1n) is 9.08. The Morgan fingerprint density at radius 1 is 1.31 bits per heavy atom. The number of rotatable bonds is 5. The van der Waals surface area contributed by atoms with Gasteiger partial charge in [0.1, 0.15) is 4.83 Å². The number of carbonyl (C=O) groups excluding carboxylic acids is 1. The summed E-state index contributed by atoms with van der Waals surface area (Å²) < 4.78 is 7.77. The predicted octanol–water partition coefficient (Wildman–Crippen LogP) is 4.22. The summed E-state index contributed by atoms with van der Waals surface area (Å²) in [4.78, 5) is 17.3. The van der Waals surface area contributed by atoms with E-state index >= 15 is 0 Å². The maximum absolute atomic E-state index is 12.9. The fraction of sp³-hybridized carbons (Fsp3) is 0.450. The van der Waals surface area contributed by atoms with Gasteiger partial charge < -0.3 is 9.30 Å². The number of nitrogens with zero attached hydrogens (tertiary/aromatic N) is 2. The predicted molar refractivity (Wildman–Crippen MR) is 107 cm³/mol. The zero-order valence-electron chi connectivity index (χ0n) is 14.9. The maximum atomic E-state index is 12.9. The average Bonchev–Trinajstić information content (AvgIpc) is 3.17. The lowest BCUT2D eigenvalue weighted by atomic mass is 9.95. The van der Waals surface area contributed by atoms with Gasteiger partial charge in [-0.3, -0.25) is 9.69 Å². The molecule has 6 heteroatoms. The highest BCUT2D eigenvalue weighted by atomic mass is 35.5. The van der Waals surface area contributed by atoms with Crippen molar-refractivity contribution in [3.8, 4) is 0 Å². The minimum absolute atomic E-state index is 0.141. The number of Topliss-reactive ketones (excluding diaryl/α,β-unsaturated/α-hetero) is 1. The molecule has 2 aliphatic rings. The molecule has 4 rings (SSSR count). The quantitative estimate of drug-likeness (QED) is 0.716. The van der Waals surface area contributed by atoms with Gasteiger partial charge in [0.05, 0.1) is 18.1 Å². The SMILES string of the molecule is Cc1cc2cc(C(=O)C3C=CC=C(Cl)C3)sc2n1CCN1CCOCC1. The van der Waals surface area contributed by atoms with Crippen molar-refractivity contribution in [3.63, 3.8) is 0 Å². The Labute approximate surface area is 162 Å². The van der Waals surface area contributed by atoms with E-state index < -0.39 is 0 Å². The minimum atomic E-state index is -0.141. The van der Waals surface area contributed by atoms with E-state index in [1.54, 1.807) is 11.3 Å². The summed E-state index contributed by atoms with van der Waals surface area (Å²) in [6.07, 6.45) is 6.30. The summed E-state index contributed by atoms with van der Waals surface area (Å²) in [6.45, 7) is 7.75. The molecule has 0 N–H and O–H groups in total. The smallest absolute Gasteiger partial charge is 0.180 e. The van der Waals surface area contributed by atoms with Gasteiger partial charge in [0.2, 0.25) is 0 Å². The van der Waals surface area contributed by atoms with Gasteiger partial charge in [0.25, 0.3) is 0 Å². The number of aryl methyl sites for hydroxylation is 1. The Morgan fingerprint density at radius 2 is 2.12 bits per heavy atom. The van der Waals surface area contributed by atoms with E-state index in [0.29, 0.717) is 6.42 Å². The molecular formula is C20H23ClN2O2S. The molecule has 3 heterocycles. The van der Waals surface area contributed by atoms with Gasteiger partial charge in [-0.25, -0.2) is 0 Å². The van der Waals surface area contributed by atoms with Crippen LogP contribution in [0.4, 0.5) is 0 Å². The van der Waals surface area contributed by atoms with Crippen molar-refractivity contribution < 1.29 is 9.53 Å². The van der Waals surface area contributed by atoms with Crippen LogP contribution in [0.25, 0.3) is 10.2 Å². The number of ether oxygens (including phenoxy) is 1. The molecule has 0 aromatic carbocycles. The third kappa shape index (κ3) is 3.67. The molecule has 1 aliphatic heterocycles. The van der Waals surface area contributed by atoms with Gasteiger partial charge in [-0.2, -0.15) is 0 Å². The van der Waals surface area contributed by atoms with Crippen molar-refractivity contribution in [2.24, 2.45) is 5.92 Å². The molecule has 138 valence electrons. The molecule has 1 saturated heterocycles. The summed E-state index contributed by atoms with van der Waals surface area (Å²) in [5, 5.41) is 1.91. The molecule has 0 spiro atoms. The van der Waals surface area contributed by atoms with Gasteiger partial charge in [-0.1, -0.05) is 23.8 Å². The minimum Gasteiger partial charge on any atom is -0.379 e. The number of hydrogen-bond donors (Lipinski definition) is 0. The van der Waals surface area contributed by atoms with Gasteiger partial charge in [0.15, 0.2) is 5.78 Å². The Hall–Kier alpha value is -1.40. The molecule has 2 aromatic heterocycles. The summed E-state index contributed by atoms with van der Waals surface area (Å²) in [5.41, 5.74) is 1.25. The van der Waals surface area contributed by atoms with Crippen LogP contribution >= 0.6 is 22.9 Å². The summed E-state index contributed by atoms with van der Waals surface area (Å²) in [6, 6.07) is 4.23. The van der Waals surface area contributed by atoms with Crippen LogP contribution in [0.5, 0.6) is 0 Å². The molecular weight excluding hydrogens is 368 g/mol. The maximum Gasteiger partial charge on any atom is 0.180 e. The Balaban J connectivity index is 1.52. The molecule has 0 amide bonds. The van der Waals surface area contributed by atoms with Crippen molar-refractivity contribution in [1.82, 2.24) is 9.47 Å². The lowest BCUT2D eigenvalue weighted by Crippen LogP contribution is -2.38. The average molecular weight is 391 g/mol. The van der Waals surface area contributed by atoms with E-state index in [2.05, 4.69) is 22.5 Å². The van der Waals surface area contributed by atoms with Crippen LogP contribution in [0.2, 0.25) is 0 Å². The molecule has 0 saturated carbocycles. The Kier molecular flexibility index (Phi) is 5.32. The zero-order chi connectivity index (χ0) is 18.1. The normalized spacial score (nSPS) is 21.3. The summed E-state index contributed by atoms with van der Waals surface area (Å²) in [7, 11) is 0.